The molecule has 9 nitrogen and oxygen atoms in total. The zero-order valence-electron chi connectivity index (χ0n) is 53.5. The normalized spacial score (nSPS) is 13.4. The van der Waals surface area contributed by atoms with E-state index in [0.29, 0.717) is 23.9 Å². The van der Waals surface area contributed by atoms with Gasteiger partial charge in [-0.2, -0.15) is 0 Å². The molecule has 0 aromatic heterocycles. The van der Waals surface area contributed by atoms with Gasteiger partial charge in [-0.25, -0.2) is 0 Å². The minimum Gasteiger partial charge on any atom is -0.756 e. The summed E-state index contributed by atoms with van der Waals surface area (Å²) < 4.78 is 34.2. The van der Waals surface area contributed by atoms with E-state index >= 15 is 0 Å². The summed E-state index contributed by atoms with van der Waals surface area (Å²) in [5, 5.41) is 0. The molecule has 0 aromatic rings. The lowest BCUT2D eigenvalue weighted by molar-refractivity contribution is -0.870. The highest BCUT2D eigenvalue weighted by Crippen LogP contribution is 2.38. The molecule has 0 aliphatic heterocycles. The minimum absolute atomic E-state index is 0.0318. The number of likely N-dealkylation sites (N-methyl/N-ethyl adjacent to an activating group) is 1. The number of ether oxygens (including phenoxy) is 2. The van der Waals surface area contributed by atoms with Crippen molar-refractivity contribution in [3.8, 4) is 0 Å². The van der Waals surface area contributed by atoms with Crippen LogP contribution in [0.15, 0.2) is 48.6 Å². The van der Waals surface area contributed by atoms with Gasteiger partial charge in [-0.05, 0) is 77.0 Å². The Balaban J connectivity index is 3.85. The molecule has 0 aliphatic rings. The van der Waals surface area contributed by atoms with Crippen LogP contribution in [0.4, 0.5) is 0 Å². The average molecular weight is 1150 g/mol. The highest BCUT2D eigenvalue weighted by atomic mass is 31.2. The number of hydrogen-bond acceptors (Lipinski definition) is 8. The maximum Gasteiger partial charge on any atom is 0.306 e. The average Bonchev–Trinajstić information content (AvgIpc) is 3.42. The molecule has 0 bridgehead atoms. The smallest absolute Gasteiger partial charge is 0.306 e. The molecular formula is C70H132NO8P. The van der Waals surface area contributed by atoms with Gasteiger partial charge in [0.05, 0.1) is 27.7 Å². The first-order valence-electron chi connectivity index (χ1n) is 34.3. The molecule has 2 atom stereocenters. The van der Waals surface area contributed by atoms with E-state index in [0.717, 1.165) is 57.8 Å². The molecule has 0 saturated heterocycles. The molecule has 0 saturated carbocycles. The van der Waals surface area contributed by atoms with Crippen molar-refractivity contribution in [2.75, 3.05) is 47.5 Å². The number of carbonyl (C=O) groups excluding carboxylic acids is 2. The molecule has 0 fully saturated rings. The van der Waals surface area contributed by atoms with Crippen molar-refractivity contribution < 1.29 is 42.1 Å². The van der Waals surface area contributed by atoms with Crippen LogP contribution < -0.4 is 4.89 Å². The molecule has 10 heteroatoms. The van der Waals surface area contributed by atoms with E-state index < -0.39 is 32.5 Å². The van der Waals surface area contributed by atoms with Crippen molar-refractivity contribution in [3.05, 3.63) is 48.6 Å². The number of carbonyl (C=O) groups is 2. The molecule has 0 aliphatic carbocycles. The Labute approximate surface area is 496 Å². The lowest BCUT2D eigenvalue weighted by Crippen LogP contribution is -2.37. The lowest BCUT2D eigenvalue weighted by Gasteiger charge is -2.28. The summed E-state index contributed by atoms with van der Waals surface area (Å²) in [4.78, 5) is 37.9. The fourth-order valence-electron chi connectivity index (χ4n) is 10.0. The fraction of sp³-hybridized carbons (Fsp3) is 0.857. The third kappa shape index (κ3) is 65.1. The maximum atomic E-state index is 12.8. The fourth-order valence-corrected chi connectivity index (χ4v) is 10.7. The zero-order valence-corrected chi connectivity index (χ0v) is 54.4. The molecule has 0 radical (unpaired) electrons. The number of esters is 2. The van der Waals surface area contributed by atoms with Crippen LogP contribution in [0.5, 0.6) is 0 Å². The second kappa shape index (κ2) is 61.5. The van der Waals surface area contributed by atoms with Gasteiger partial charge in [0.25, 0.3) is 7.82 Å². The Hall–Kier alpha value is -2.03. The van der Waals surface area contributed by atoms with Crippen molar-refractivity contribution in [2.24, 2.45) is 0 Å². The largest absolute Gasteiger partial charge is 0.756 e. The summed E-state index contributed by atoms with van der Waals surface area (Å²) >= 11 is 0. The molecule has 470 valence electrons. The van der Waals surface area contributed by atoms with Gasteiger partial charge in [0, 0.05) is 12.8 Å². The molecule has 80 heavy (non-hydrogen) atoms. The molecule has 0 N–H and O–H groups in total. The Bertz CT molecular complexity index is 1490. The Kier molecular flexibility index (Phi) is 60.0. The number of allylic oxidation sites excluding steroid dienone is 8. The van der Waals surface area contributed by atoms with E-state index in [2.05, 4.69) is 62.5 Å². The van der Waals surface area contributed by atoms with Crippen LogP contribution in [0.25, 0.3) is 0 Å². The summed E-state index contributed by atoms with van der Waals surface area (Å²) in [5.74, 6) is -0.836. The first-order chi connectivity index (χ1) is 39.0. The van der Waals surface area contributed by atoms with E-state index in [1.165, 1.54) is 238 Å². The summed E-state index contributed by atoms with van der Waals surface area (Å²) in [6, 6.07) is 0. The van der Waals surface area contributed by atoms with E-state index in [9.17, 15) is 19.0 Å². The van der Waals surface area contributed by atoms with Crippen molar-refractivity contribution >= 4 is 19.8 Å². The predicted molar refractivity (Wildman–Crippen MR) is 342 cm³/mol. The van der Waals surface area contributed by atoms with Crippen molar-refractivity contribution in [1.29, 1.82) is 0 Å². The van der Waals surface area contributed by atoms with Gasteiger partial charge in [0.1, 0.15) is 19.8 Å². The topological polar surface area (TPSA) is 111 Å². The van der Waals surface area contributed by atoms with Crippen LogP contribution in [-0.2, 0) is 32.7 Å². The zero-order chi connectivity index (χ0) is 58.4. The second-order valence-electron chi connectivity index (χ2n) is 24.5. The van der Waals surface area contributed by atoms with E-state index in [-0.39, 0.29) is 26.1 Å². The number of rotatable bonds is 64. The first-order valence-corrected chi connectivity index (χ1v) is 35.8. The minimum atomic E-state index is -4.64. The van der Waals surface area contributed by atoms with Crippen molar-refractivity contribution in [2.45, 2.75) is 341 Å². The summed E-state index contributed by atoms with van der Waals surface area (Å²) in [6.07, 6.45) is 79.3. The molecule has 0 rings (SSSR count). The third-order valence-electron chi connectivity index (χ3n) is 15.3. The number of hydrogen-bond donors (Lipinski definition) is 0. The number of phosphoric ester groups is 1. The standard InChI is InChI=1S/C70H132NO8P/c1-6-8-10-12-14-16-18-20-22-23-24-25-26-27-28-29-30-31-32-33-34-35-36-37-38-39-40-41-42-43-44-45-46-47-49-51-53-55-57-59-61-63-70(73)79-68(67-78-80(74,75)77-65-64-71(3,4)5)66-76-69(72)62-60-58-56-54-52-50-48-21-19-17-15-13-11-9-7-2/h15,17-18,20-21,23-24,48,68H,6-14,16,19,22,25-47,49-67H2,1-5H3/b17-15-,20-18-,24-23-,48-21-. The number of phosphoric acid groups is 1. The van der Waals surface area contributed by atoms with Crippen molar-refractivity contribution in [1.82, 2.24) is 0 Å². The van der Waals surface area contributed by atoms with Gasteiger partial charge >= 0.3 is 11.9 Å². The predicted octanol–water partition coefficient (Wildman–Crippen LogP) is 21.4. The number of nitrogens with zero attached hydrogens (tertiary/aromatic N) is 1. The number of quaternary nitrogens is 1. The van der Waals surface area contributed by atoms with Gasteiger partial charge in [0.15, 0.2) is 6.10 Å². The van der Waals surface area contributed by atoms with Crippen LogP contribution in [0, 0.1) is 0 Å². The molecule has 2 unspecified atom stereocenters. The van der Waals surface area contributed by atoms with Crippen LogP contribution in [0.3, 0.4) is 0 Å². The Morgan fingerprint density at radius 1 is 0.388 bits per heavy atom. The molecule has 0 aromatic carbocycles. The van der Waals surface area contributed by atoms with Crippen LogP contribution in [0.1, 0.15) is 335 Å². The molecule has 0 spiro atoms. The van der Waals surface area contributed by atoms with Gasteiger partial charge in [-0.1, -0.05) is 294 Å². The van der Waals surface area contributed by atoms with Gasteiger partial charge in [-0.15, -0.1) is 0 Å². The van der Waals surface area contributed by atoms with E-state index in [1.807, 2.05) is 21.1 Å². The monoisotopic (exact) mass is 1150 g/mol. The lowest BCUT2D eigenvalue weighted by atomic mass is 10.0. The van der Waals surface area contributed by atoms with E-state index in [1.54, 1.807) is 0 Å². The van der Waals surface area contributed by atoms with Crippen LogP contribution in [0.2, 0.25) is 0 Å². The summed E-state index contributed by atoms with van der Waals surface area (Å²) in [7, 11) is 1.17. The highest BCUT2D eigenvalue weighted by Gasteiger charge is 2.22. The number of unbranched alkanes of at least 4 members (excludes halogenated alkanes) is 42. The quantitative estimate of drug-likeness (QED) is 0.0195. The molecular weight excluding hydrogens is 1010 g/mol. The summed E-state index contributed by atoms with van der Waals surface area (Å²) in [6.45, 7) is 4.22. The highest BCUT2D eigenvalue weighted by molar-refractivity contribution is 7.45. The first kappa shape index (κ1) is 78.0. The Morgan fingerprint density at radius 3 is 1.01 bits per heavy atom. The van der Waals surface area contributed by atoms with Gasteiger partial charge in [0.2, 0.25) is 0 Å². The Morgan fingerprint density at radius 2 is 0.675 bits per heavy atom. The van der Waals surface area contributed by atoms with Crippen molar-refractivity contribution in [3.63, 3.8) is 0 Å². The van der Waals surface area contributed by atoms with Gasteiger partial charge in [-0.3, -0.25) is 14.2 Å². The second-order valence-corrected chi connectivity index (χ2v) is 25.9. The SMILES string of the molecule is CCCCC/C=C\C/C=C\CCCCCCCC(=O)OCC(COP(=O)([O-])OCC[N+](C)(C)C)OC(=O)CCCCCCCCCCCCCCCCCCCCCCCCCCCCCCC/C=C\C/C=C\CCCCCCC. The maximum absolute atomic E-state index is 12.8. The summed E-state index contributed by atoms with van der Waals surface area (Å²) in [5.41, 5.74) is 0. The van der Waals surface area contributed by atoms with E-state index in [4.69, 9.17) is 18.5 Å². The van der Waals surface area contributed by atoms with Crippen LogP contribution >= 0.6 is 7.82 Å². The van der Waals surface area contributed by atoms with Gasteiger partial charge < -0.3 is 27.9 Å². The molecule has 0 heterocycles. The third-order valence-corrected chi connectivity index (χ3v) is 16.3. The molecule has 0 amide bonds. The van der Waals surface area contributed by atoms with Crippen LogP contribution in [-0.4, -0.2) is 70.0 Å².